The fraction of sp³-hybridized carbons (Fsp3) is 0.346. The van der Waals surface area contributed by atoms with Crippen molar-refractivity contribution < 1.29 is 9.53 Å². The van der Waals surface area contributed by atoms with Gasteiger partial charge in [-0.2, -0.15) is 0 Å². The van der Waals surface area contributed by atoms with Crippen molar-refractivity contribution >= 4 is 17.5 Å². The maximum Gasteiger partial charge on any atom is 0.411 e. The Labute approximate surface area is 178 Å². The van der Waals surface area contributed by atoms with E-state index in [1.54, 1.807) is 0 Å². The zero-order valence-corrected chi connectivity index (χ0v) is 17.4. The fourth-order valence-electron chi connectivity index (χ4n) is 5.30. The first-order valence-electron chi connectivity index (χ1n) is 10.9. The predicted octanol–water partition coefficient (Wildman–Crippen LogP) is 5.97. The highest BCUT2D eigenvalue weighted by atomic mass is 16.5. The smallest absolute Gasteiger partial charge is 0.411 e. The number of hydrogen-bond donors (Lipinski definition) is 1. The van der Waals surface area contributed by atoms with Crippen molar-refractivity contribution in [3.05, 3.63) is 83.0 Å². The molecule has 30 heavy (non-hydrogen) atoms. The predicted molar refractivity (Wildman–Crippen MR) is 121 cm³/mol. The zero-order chi connectivity index (χ0) is 20.5. The van der Waals surface area contributed by atoms with Gasteiger partial charge in [-0.3, -0.25) is 5.32 Å². The molecule has 2 atom stereocenters. The van der Waals surface area contributed by atoms with Crippen LogP contribution in [0.25, 0.3) is 0 Å². The van der Waals surface area contributed by atoms with Crippen LogP contribution in [0.5, 0.6) is 0 Å². The molecule has 0 fully saturated rings. The molecule has 0 spiro atoms. The Bertz CT molecular complexity index is 1010. The van der Waals surface area contributed by atoms with E-state index in [0.29, 0.717) is 11.8 Å². The molecular formula is C26H28N2O2. The second-order valence-corrected chi connectivity index (χ2v) is 8.38. The van der Waals surface area contributed by atoms with Crippen LogP contribution in [0.2, 0.25) is 0 Å². The first-order chi connectivity index (χ1) is 14.7. The average molecular weight is 401 g/mol. The lowest BCUT2D eigenvalue weighted by Crippen LogP contribution is -2.37. The molecule has 1 N–H and O–H groups in total. The largest absolute Gasteiger partial charge is 0.453 e. The molecule has 5 rings (SSSR count). The Hall–Kier alpha value is -3.01. The van der Waals surface area contributed by atoms with Crippen LogP contribution in [0, 0.1) is 0 Å². The highest BCUT2D eigenvalue weighted by Crippen LogP contribution is 2.50. The molecule has 3 aliphatic rings. The van der Waals surface area contributed by atoms with Gasteiger partial charge in [0.1, 0.15) is 0 Å². The summed E-state index contributed by atoms with van der Waals surface area (Å²) in [5.74, 6) is 0.714. The van der Waals surface area contributed by atoms with Gasteiger partial charge in [-0.15, -0.1) is 0 Å². The maximum absolute atomic E-state index is 12.0. The van der Waals surface area contributed by atoms with Crippen molar-refractivity contribution in [3.8, 4) is 0 Å². The Morgan fingerprint density at radius 3 is 2.47 bits per heavy atom. The Balaban J connectivity index is 1.66. The van der Waals surface area contributed by atoms with Crippen LogP contribution < -0.4 is 10.2 Å². The van der Waals surface area contributed by atoms with Crippen molar-refractivity contribution in [1.29, 1.82) is 0 Å². The van der Waals surface area contributed by atoms with Crippen LogP contribution in [0.1, 0.15) is 54.2 Å². The van der Waals surface area contributed by atoms with Crippen LogP contribution in [0.3, 0.4) is 0 Å². The standard InChI is InChI=1S/C26H28N2O2/c1-30-26(29)27-20-16-23-21(18-8-4-2-5-9-18)12-14-28-15-13-22(24(17-20)25(23)28)19-10-6-3-7-11-19/h2,4-6,8-11,16-17,21-22H,3,7,12-15H2,1H3,(H,27,29). The van der Waals surface area contributed by atoms with Crippen molar-refractivity contribution in [1.82, 2.24) is 0 Å². The van der Waals surface area contributed by atoms with Gasteiger partial charge in [0.15, 0.2) is 0 Å². The van der Waals surface area contributed by atoms with Crippen LogP contribution >= 0.6 is 0 Å². The lowest BCUT2D eigenvalue weighted by Gasteiger charge is -2.43. The quantitative estimate of drug-likeness (QED) is 0.690. The number of anilines is 2. The lowest BCUT2D eigenvalue weighted by atomic mass is 9.75. The molecule has 1 aliphatic carbocycles. The van der Waals surface area contributed by atoms with Crippen molar-refractivity contribution in [2.24, 2.45) is 0 Å². The molecule has 2 aromatic carbocycles. The third kappa shape index (κ3) is 3.41. The van der Waals surface area contributed by atoms with E-state index in [1.165, 1.54) is 35.1 Å². The molecule has 4 nitrogen and oxygen atoms in total. The van der Waals surface area contributed by atoms with E-state index >= 15 is 0 Å². The fourth-order valence-corrected chi connectivity index (χ4v) is 5.30. The van der Waals surface area contributed by atoms with Crippen LogP contribution in [-0.2, 0) is 4.74 Å². The Morgan fingerprint density at radius 2 is 1.77 bits per heavy atom. The summed E-state index contributed by atoms with van der Waals surface area (Å²) in [4.78, 5) is 14.5. The number of allylic oxidation sites excluding steroid dienone is 4. The minimum Gasteiger partial charge on any atom is -0.453 e. The number of nitrogens with zero attached hydrogens (tertiary/aromatic N) is 1. The first kappa shape index (κ1) is 19.0. The number of nitrogens with one attached hydrogen (secondary N) is 1. The highest BCUT2D eigenvalue weighted by Gasteiger charge is 2.35. The molecule has 2 aliphatic heterocycles. The molecule has 4 heteroatoms. The van der Waals surface area contributed by atoms with Gasteiger partial charge in [-0.05, 0) is 60.1 Å². The molecule has 2 heterocycles. The van der Waals surface area contributed by atoms with Gasteiger partial charge >= 0.3 is 6.09 Å². The van der Waals surface area contributed by atoms with Crippen molar-refractivity contribution in [2.45, 2.75) is 37.5 Å². The molecule has 0 radical (unpaired) electrons. The summed E-state index contributed by atoms with van der Waals surface area (Å²) in [7, 11) is 1.41. The minimum absolute atomic E-state index is 0.338. The van der Waals surface area contributed by atoms with Gasteiger partial charge in [0, 0.05) is 36.3 Å². The SMILES string of the molecule is COC(=O)Nc1cc2c3c(c1)C(c1ccccc1)CCN3CCC2C1=CCCC=C1. The number of ether oxygens (including phenoxy) is 1. The third-order valence-corrected chi connectivity index (χ3v) is 6.67. The van der Waals surface area contributed by atoms with Crippen molar-refractivity contribution in [2.75, 3.05) is 30.4 Å². The van der Waals surface area contributed by atoms with Gasteiger partial charge in [-0.25, -0.2) is 4.79 Å². The molecular weight excluding hydrogens is 372 g/mol. The molecule has 2 unspecified atom stereocenters. The minimum atomic E-state index is -0.421. The number of amides is 1. The lowest BCUT2D eigenvalue weighted by molar-refractivity contribution is 0.187. The molecule has 2 aromatic rings. The van der Waals surface area contributed by atoms with E-state index in [9.17, 15) is 4.79 Å². The summed E-state index contributed by atoms with van der Waals surface area (Å²) in [5, 5.41) is 2.93. The number of carbonyl (C=O) groups is 1. The molecule has 0 saturated heterocycles. The monoisotopic (exact) mass is 400 g/mol. The molecule has 0 saturated carbocycles. The Morgan fingerprint density at radius 1 is 1.03 bits per heavy atom. The highest BCUT2D eigenvalue weighted by molar-refractivity contribution is 5.86. The van der Waals surface area contributed by atoms with E-state index in [4.69, 9.17) is 4.74 Å². The number of methoxy groups -OCH3 is 1. The second-order valence-electron chi connectivity index (χ2n) is 8.38. The maximum atomic E-state index is 12.0. The Kier molecular flexibility index (Phi) is 5.07. The molecule has 0 bridgehead atoms. The number of carbonyl (C=O) groups excluding carboxylic acids is 1. The third-order valence-electron chi connectivity index (χ3n) is 6.67. The number of rotatable bonds is 3. The van der Waals surface area contributed by atoms with Crippen LogP contribution in [-0.4, -0.2) is 26.3 Å². The number of hydrogen-bond acceptors (Lipinski definition) is 3. The van der Waals surface area contributed by atoms with Crippen LogP contribution in [0.15, 0.2) is 66.3 Å². The van der Waals surface area contributed by atoms with E-state index in [0.717, 1.165) is 44.5 Å². The summed E-state index contributed by atoms with van der Waals surface area (Å²) in [6, 6.07) is 15.1. The van der Waals surface area contributed by atoms with E-state index in [2.05, 4.69) is 70.9 Å². The summed E-state index contributed by atoms with van der Waals surface area (Å²) >= 11 is 0. The topological polar surface area (TPSA) is 41.6 Å². The second kappa shape index (κ2) is 8.02. The van der Waals surface area contributed by atoms with Crippen LogP contribution in [0.4, 0.5) is 16.2 Å². The van der Waals surface area contributed by atoms with Gasteiger partial charge in [0.2, 0.25) is 0 Å². The van der Waals surface area contributed by atoms with E-state index in [1.807, 2.05) is 0 Å². The summed E-state index contributed by atoms with van der Waals surface area (Å²) in [6.07, 6.45) is 11.0. The summed E-state index contributed by atoms with van der Waals surface area (Å²) in [5.41, 5.74) is 7.62. The average Bonchev–Trinajstić information content (AvgIpc) is 2.80. The molecule has 154 valence electrons. The normalized spacial score (nSPS) is 22.2. The van der Waals surface area contributed by atoms with Gasteiger partial charge < -0.3 is 9.64 Å². The first-order valence-corrected chi connectivity index (χ1v) is 10.9. The summed E-state index contributed by atoms with van der Waals surface area (Å²) in [6.45, 7) is 2.16. The number of benzene rings is 2. The van der Waals surface area contributed by atoms with E-state index < -0.39 is 6.09 Å². The molecule has 0 aromatic heterocycles. The molecule has 1 amide bonds. The zero-order valence-electron chi connectivity index (χ0n) is 17.4. The summed E-state index contributed by atoms with van der Waals surface area (Å²) < 4.78 is 4.88. The van der Waals surface area contributed by atoms with E-state index in [-0.39, 0.29) is 0 Å². The van der Waals surface area contributed by atoms with Gasteiger partial charge in [0.25, 0.3) is 0 Å². The van der Waals surface area contributed by atoms with Crippen molar-refractivity contribution in [3.63, 3.8) is 0 Å². The van der Waals surface area contributed by atoms with Gasteiger partial charge in [0.05, 0.1) is 7.11 Å². The van der Waals surface area contributed by atoms with Gasteiger partial charge in [-0.1, -0.05) is 48.6 Å².